The maximum Gasteiger partial charge on any atom is 0.125 e. The lowest BCUT2D eigenvalue weighted by Gasteiger charge is -2.06. The molecule has 0 aliphatic heterocycles. The molecule has 0 saturated heterocycles. The summed E-state index contributed by atoms with van der Waals surface area (Å²) in [7, 11) is 0. The van der Waals surface area contributed by atoms with Crippen molar-refractivity contribution in [3.05, 3.63) is 39.3 Å². The van der Waals surface area contributed by atoms with E-state index in [1.807, 2.05) is 0 Å². The van der Waals surface area contributed by atoms with E-state index in [1.165, 1.54) is 16.8 Å². The van der Waals surface area contributed by atoms with Gasteiger partial charge in [0.1, 0.15) is 5.82 Å². The molecule has 1 aromatic carbocycles. The van der Waals surface area contributed by atoms with Crippen molar-refractivity contribution in [2.24, 2.45) is 0 Å². The van der Waals surface area contributed by atoms with Crippen molar-refractivity contribution in [2.45, 2.75) is 19.9 Å². The third-order valence-corrected chi connectivity index (χ3v) is 3.38. The van der Waals surface area contributed by atoms with E-state index in [2.05, 4.69) is 38.5 Å². The van der Waals surface area contributed by atoms with Crippen molar-refractivity contribution in [2.75, 3.05) is 6.54 Å². The fraction of sp³-hybridized carbons (Fsp3) is 0.333. The van der Waals surface area contributed by atoms with Crippen LogP contribution in [0.2, 0.25) is 5.02 Å². The first-order valence-electron chi connectivity index (χ1n) is 5.88. The topological polar surface area (TPSA) is 42.7 Å². The molecular formula is C12H13BrClFN4. The summed E-state index contributed by atoms with van der Waals surface area (Å²) in [5, 5.41) is 11.6. The van der Waals surface area contributed by atoms with Crippen LogP contribution in [0, 0.1) is 5.82 Å². The molecule has 0 saturated carbocycles. The fourth-order valence-electron chi connectivity index (χ4n) is 1.64. The van der Waals surface area contributed by atoms with Gasteiger partial charge in [-0.05, 0) is 41.0 Å². The maximum atomic E-state index is 13.2. The first-order valence-corrected chi connectivity index (χ1v) is 7.05. The molecule has 0 bridgehead atoms. The highest BCUT2D eigenvalue weighted by Gasteiger charge is 2.12. The summed E-state index contributed by atoms with van der Waals surface area (Å²) in [5.74, 6) is -0.398. The minimum atomic E-state index is -0.398. The van der Waals surface area contributed by atoms with E-state index < -0.39 is 5.82 Å². The van der Waals surface area contributed by atoms with Crippen LogP contribution < -0.4 is 5.32 Å². The molecule has 0 radical (unpaired) electrons. The van der Waals surface area contributed by atoms with Crippen LogP contribution in [0.3, 0.4) is 0 Å². The van der Waals surface area contributed by atoms with Gasteiger partial charge in [0, 0.05) is 11.0 Å². The zero-order chi connectivity index (χ0) is 13.8. The minimum absolute atomic E-state index is 0.282. The monoisotopic (exact) mass is 346 g/mol. The van der Waals surface area contributed by atoms with E-state index in [4.69, 9.17) is 11.6 Å². The average Bonchev–Trinajstić information content (AvgIpc) is 2.76. The number of hydrogen-bond acceptors (Lipinski definition) is 3. The van der Waals surface area contributed by atoms with Gasteiger partial charge < -0.3 is 5.32 Å². The molecule has 0 aliphatic carbocycles. The Kier molecular flexibility index (Phi) is 4.90. The van der Waals surface area contributed by atoms with E-state index >= 15 is 0 Å². The third-order valence-electron chi connectivity index (χ3n) is 2.48. The highest BCUT2D eigenvalue weighted by atomic mass is 79.9. The van der Waals surface area contributed by atoms with Crippen molar-refractivity contribution in [3.63, 3.8) is 0 Å². The highest BCUT2D eigenvalue weighted by Crippen LogP contribution is 2.29. The Labute approximate surface area is 124 Å². The second-order valence-electron chi connectivity index (χ2n) is 4.05. The Balaban J connectivity index is 2.23. The van der Waals surface area contributed by atoms with Crippen LogP contribution in [0.15, 0.2) is 22.8 Å². The number of rotatable bonds is 5. The van der Waals surface area contributed by atoms with Gasteiger partial charge in [0.15, 0.2) is 0 Å². The predicted octanol–water partition coefficient (Wildman–Crippen LogP) is 3.32. The lowest BCUT2D eigenvalue weighted by molar-refractivity contribution is 0.625. The van der Waals surface area contributed by atoms with Crippen molar-refractivity contribution >= 4 is 27.5 Å². The van der Waals surface area contributed by atoms with Gasteiger partial charge in [-0.3, -0.25) is 0 Å². The van der Waals surface area contributed by atoms with Gasteiger partial charge in [0.25, 0.3) is 0 Å². The molecule has 7 heteroatoms. The number of halogens is 3. The molecule has 0 fully saturated rings. The largest absolute Gasteiger partial charge is 0.311 e. The van der Waals surface area contributed by atoms with Crippen LogP contribution in [0.5, 0.6) is 0 Å². The highest BCUT2D eigenvalue weighted by molar-refractivity contribution is 9.10. The summed E-state index contributed by atoms with van der Waals surface area (Å²) in [4.78, 5) is 0. The Bertz CT molecular complexity index is 550. The van der Waals surface area contributed by atoms with Gasteiger partial charge in [-0.15, -0.1) is 5.10 Å². The zero-order valence-corrected chi connectivity index (χ0v) is 12.7. The minimum Gasteiger partial charge on any atom is -0.311 e. The summed E-state index contributed by atoms with van der Waals surface area (Å²) in [5.41, 5.74) is 1.39. The molecule has 2 aromatic rings. The van der Waals surface area contributed by atoms with Gasteiger partial charge in [0.05, 0.1) is 22.6 Å². The SMILES string of the molecule is CCCNCc1cn(-c2c(Cl)cc(F)cc2Br)nn1. The van der Waals surface area contributed by atoms with E-state index in [1.54, 1.807) is 6.20 Å². The van der Waals surface area contributed by atoms with Crippen LogP contribution in [-0.4, -0.2) is 21.5 Å². The molecule has 0 aliphatic rings. The molecule has 1 heterocycles. The average molecular weight is 348 g/mol. The summed E-state index contributed by atoms with van der Waals surface area (Å²) >= 11 is 9.31. The molecule has 102 valence electrons. The van der Waals surface area contributed by atoms with Gasteiger partial charge in [0.2, 0.25) is 0 Å². The van der Waals surface area contributed by atoms with Crippen LogP contribution >= 0.6 is 27.5 Å². The molecule has 0 spiro atoms. The lowest BCUT2D eigenvalue weighted by atomic mass is 10.3. The van der Waals surface area contributed by atoms with Gasteiger partial charge in [-0.1, -0.05) is 23.7 Å². The molecular weight excluding hydrogens is 335 g/mol. The van der Waals surface area contributed by atoms with E-state index in [0.29, 0.717) is 16.7 Å². The Morgan fingerprint density at radius 2 is 2.26 bits per heavy atom. The van der Waals surface area contributed by atoms with Gasteiger partial charge >= 0.3 is 0 Å². The van der Waals surface area contributed by atoms with Crippen molar-refractivity contribution in [1.82, 2.24) is 20.3 Å². The summed E-state index contributed by atoms with van der Waals surface area (Å²) in [6, 6.07) is 2.59. The van der Waals surface area contributed by atoms with E-state index in [9.17, 15) is 4.39 Å². The standard InChI is InChI=1S/C12H13BrClFN4/c1-2-3-16-6-9-7-19(18-17-9)12-10(13)4-8(15)5-11(12)14/h4-5,7,16H,2-3,6H2,1H3. The fourth-order valence-corrected chi connectivity index (χ4v) is 2.66. The van der Waals surface area contributed by atoms with E-state index in [0.717, 1.165) is 18.7 Å². The number of hydrogen-bond donors (Lipinski definition) is 1. The summed E-state index contributed by atoms with van der Waals surface area (Å²) in [6.45, 7) is 3.66. The number of aromatic nitrogens is 3. The molecule has 1 aromatic heterocycles. The Hall–Kier alpha value is -0.980. The first-order chi connectivity index (χ1) is 9.11. The molecule has 19 heavy (non-hydrogen) atoms. The van der Waals surface area contributed by atoms with Crippen molar-refractivity contribution in [3.8, 4) is 5.69 Å². The smallest absolute Gasteiger partial charge is 0.125 e. The lowest BCUT2D eigenvalue weighted by Crippen LogP contribution is -2.13. The second kappa shape index (κ2) is 6.45. The molecule has 2 rings (SSSR count). The van der Waals surface area contributed by atoms with Gasteiger partial charge in [-0.25, -0.2) is 9.07 Å². The van der Waals surface area contributed by atoms with Gasteiger partial charge in [-0.2, -0.15) is 0 Å². The molecule has 1 N–H and O–H groups in total. The summed E-state index contributed by atoms with van der Waals surface area (Å²) < 4.78 is 15.2. The normalized spacial score (nSPS) is 10.9. The van der Waals surface area contributed by atoms with Crippen LogP contribution in [0.1, 0.15) is 19.0 Å². The van der Waals surface area contributed by atoms with Crippen LogP contribution in [-0.2, 0) is 6.54 Å². The van der Waals surface area contributed by atoms with Crippen molar-refractivity contribution < 1.29 is 4.39 Å². The van der Waals surface area contributed by atoms with Crippen LogP contribution in [0.25, 0.3) is 5.69 Å². The third kappa shape index (κ3) is 3.52. The number of nitrogens with one attached hydrogen (secondary N) is 1. The Morgan fingerprint density at radius 3 is 2.95 bits per heavy atom. The number of benzene rings is 1. The number of nitrogens with zero attached hydrogens (tertiary/aromatic N) is 3. The molecule has 4 nitrogen and oxygen atoms in total. The maximum absolute atomic E-state index is 13.2. The zero-order valence-electron chi connectivity index (χ0n) is 10.3. The van der Waals surface area contributed by atoms with E-state index in [-0.39, 0.29) is 5.02 Å². The van der Waals surface area contributed by atoms with Crippen LogP contribution in [0.4, 0.5) is 4.39 Å². The quantitative estimate of drug-likeness (QED) is 0.844. The molecule has 0 atom stereocenters. The predicted molar refractivity (Wildman–Crippen MR) is 76.0 cm³/mol. The molecule has 0 amide bonds. The summed E-state index contributed by atoms with van der Waals surface area (Å²) in [6.07, 6.45) is 2.83. The Morgan fingerprint density at radius 1 is 1.47 bits per heavy atom. The first kappa shape index (κ1) is 14.4. The second-order valence-corrected chi connectivity index (χ2v) is 5.31. The molecule has 0 unspecified atom stereocenters. The van der Waals surface area contributed by atoms with Crippen molar-refractivity contribution in [1.29, 1.82) is 0 Å².